The van der Waals surface area contributed by atoms with Crippen LogP contribution in [0.1, 0.15) is 19.4 Å². The van der Waals surface area contributed by atoms with E-state index < -0.39 is 23.5 Å². The summed E-state index contributed by atoms with van der Waals surface area (Å²) in [7, 11) is 0. The number of nitrogens with zero attached hydrogens (tertiary/aromatic N) is 1. The number of anilines is 1. The van der Waals surface area contributed by atoms with Crippen molar-refractivity contribution >= 4 is 23.3 Å². The highest BCUT2D eigenvalue weighted by Gasteiger charge is 2.36. The lowest BCUT2D eigenvalue weighted by Gasteiger charge is -2.14. The largest absolute Gasteiger partial charge is 0.477 e. The lowest BCUT2D eigenvalue weighted by Crippen LogP contribution is -2.14. The molecule has 0 saturated carbocycles. The normalized spacial score (nSPS) is 11.2. The number of alkyl halides is 3. The van der Waals surface area contributed by atoms with Crippen molar-refractivity contribution in [2.75, 3.05) is 11.9 Å². The van der Waals surface area contributed by atoms with Gasteiger partial charge < -0.3 is 10.1 Å². The first-order chi connectivity index (χ1) is 8.25. The van der Waals surface area contributed by atoms with Gasteiger partial charge in [0.2, 0.25) is 11.8 Å². The van der Waals surface area contributed by atoms with E-state index in [-0.39, 0.29) is 17.4 Å². The van der Waals surface area contributed by atoms with Gasteiger partial charge in [-0.05, 0) is 13.0 Å². The molecule has 0 bridgehead atoms. The predicted octanol–water partition coefficient (Wildman–Crippen LogP) is 3.11. The van der Waals surface area contributed by atoms with E-state index in [4.69, 9.17) is 16.3 Å². The molecular formula is C10H10ClF3N2O2. The summed E-state index contributed by atoms with van der Waals surface area (Å²) in [5, 5.41) is 1.92. The molecule has 0 aliphatic heterocycles. The lowest BCUT2D eigenvalue weighted by atomic mass is 10.2. The average Bonchev–Trinajstić information content (AvgIpc) is 2.20. The van der Waals surface area contributed by atoms with Crippen LogP contribution in [0, 0.1) is 0 Å². The van der Waals surface area contributed by atoms with Crippen LogP contribution in [0.5, 0.6) is 5.88 Å². The Morgan fingerprint density at radius 3 is 2.61 bits per heavy atom. The number of carbonyl (C=O) groups is 1. The first-order valence-electron chi connectivity index (χ1n) is 4.93. The Hall–Kier alpha value is -1.50. The summed E-state index contributed by atoms with van der Waals surface area (Å²) in [6, 6.07) is 0.671. The maximum absolute atomic E-state index is 12.7. The monoisotopic (exact) mass is 282 g/mol. The summed E-state index contributed by atoms with van der Waals surface area (Å²) in [4.78, 5) is 14.4. The van der Waals surface area contributed by atoms with Gasteiger partial charge in [0.15, 0.2) is 5.82 Å². The number of nitrogens with one attached hydrogen (secondary N) is 1. The van der Waals surface area contributed by atoms with Crippen LogP contribution < -0.4 is 10.1 Å². The van der Waals surface area contributed by atoms with Crippen molar-refractivity contribution in [2.24, 2.45) is 0 Å². The molecule has 0 fully saturated rings. The van der Waals surface area contributed by atoms with Crippen LogP contribution >= 0.6 is 11.6 Å². The third-order valence-electron chi connectivity index (χ3n) is 1.82. The molecule has 100 valence electrons. The van der Waals surface area contributed by atoms with Crippen molar-refractivity contribution < 1.29 is 22.7 Å². The number of carbonyl (C=O) groups excluding carboxylic acids is 1. The molecule has 0 aliphatic carbocycles. The molecule has 0 aromatic carbocycles. The zero-order chi connectivity index (χ0) is 13.9. The van der Waals surface area contributed by atoms with Gasteiger partial charge in [0.05, 0.1) is 11.6 Å². The van der Waals surface area contributed by atoms with Gasteiger partial charge in [-0.25, -0.2) is 0 Å². The first kappa shape index (κ1) is 14.6. The zero-order valence-electron chi connectivity index (χ0n) is 9.56. The Balaban J connectivity index is 3.29. The second kappa shape index (κ2) is 5.43. The lowest BCUT2D eigenvalue weighted by molar-refractivity contribution is -0.139. The molecule has 1 N–H and O–H groups in total. The minimum absolute atomic E-state index is 0.0111. The van der Waals surface area contributed by atoms with Crippen LogP contribution in [-0.4, -0.2) is 17.5 Å². The zero-order valence-corrected chi connectivity index (χ0v) is 10.3. The molecule has 0 atom stereocenters. The highest BCUT2D eigenvalue weighted by atomic mass is 35.5. The van der Waals surface area contributed by atoms with E-state index in [1.165, 1.54) is 13.8 Å². The fraction of sp³-hybridized carbons (Fsp3) is 0.400. The summed E-state index contributed by atoms with van der Waals surface area (Å²) in [6.07, 6.45) is -4.63. The van der Waals surface area contributed by atoms with Crippen molar-refractivity contribution in [3.05, 3.63) is 16.7 Å². The molecule has 0 saturated heterocycles. The molecule has 4 nitrogen and oxygen atoms in total. The second-order valence-electron chi connectivity index (χ2n) is 3.28. The number of pyridine rings is 1. The maximum Gasteiger partial charge on any atom is 0.421 e. The van der Waals surface area contributed by atoms with E-state index >= 15 is 0 Å². The Kier molecular flexibility index (Phi) is 4.39. The molecule has 1 aromatic rings. The maximum atomic E-state index is 12.7. The summed E-state index contributed by atoms with van der Waals surface area (Å²) in [6.45, 7) is 2.72. The number of aromatic nitrogens is 1. The summed E-state index contributed by atoms with van der Waals surface area (Å²) < 4.78 is 42.8. The predicted molar refractivity (Wildman–Crippen MR) is 59.7 cm³/mol. The van der Waals surface area contributed by atoms with E-state index in [1.54, 1.807) is 0 Å². The average molecular weight is 283 g/mol. The summed E-state index contributed by atoms with van der Waals surface area (Å²) >= 11 is 5.62. The van der Waals surface area contributed by atoms with Crippen LogP contribution in [0.25, 0.3) is 0 Å². The van der Waals surface area contributed by atoms with Gasteiger partial charge in [-0.2, -0.15) is 18.2 Å². The molecule has 0 unspecified atom stereocenters. The molecule has 8 heteroatoms. The van der Waals surface area contributed by atoms with Gasteiger partial charge in [0.25, 0.3) is 0 Å². The number of halogens is 4. The van der Waals surface area contributed by atoms with Crippen LogP contribution in [0.4, 0.5) is 19.0 Å². The number of ether oxygens (including phenoxy) is 1. The Bertz CT molecular complexity index is 463. The van der Waals surface area contributed by atoms with Gasteiger partial charge >= 0.3 is 6.18 Å². The third kappa shape index (κ3) is 3.49. The Labute approximate surface area is 106 Å². The fourth-order valence-corrected chi connectivity index (χ4v) is 1.37. The van der Waals surface area contributed by atoms with Crippen LogP contribution in [-0.2, 0) is 11.0 Å². The number of rotatable bonds is 3. The number of hydrogen-bond acceptors (Lipinski definition) is 3. The van der Waals surface area contributed by atoms with Crippen molar-refractivity contribution in [3.8, 4) is 5.88 Å². The number of amides is 1. The second-order valence-corrected chi connectivity index (χ2v) is 3.69. The minimum Gasteiger partial charge on any atom is -0.477 e. The fourth-order valence-electron chi connectivity index (χ4n) is 1.18. The molecule has 0 spiro atoms. The first-order valence-corrected chi connectivity index (χ1v) is 5.31. The molecule has 0 aliphatic rings. The van der Waals surface area contributed by atoms with Gasteiger partial charge in [-0.15, -0.1) is 0 Å². The molecule has 1 rings (SSSR count). The highest BCUT2D eigenvalue weighted by Crippen LogP contribution is 2.38. The minimum atomic E-state index is -4.63. The van der Waals surface area contributed by atoms with Gasteiger partial charge in [-0.3, -0.25) is 4.79 Å². The van der Waals surface area contributed by atoms with E-state index in [1.807, 2.05) is 0 Å². The third-order valence-corrected chi connectivity index (χ3v) is 2.11. The smallest absolute Gasteiger partial charge is 0.421 e. The van der Waals surface area contributed by atoms with E-state index in [2.05, 4.69) is 10.3 Å². The Morgan fingerprint density at radius 2 is 2.17 bits per heavy atom. The van der Waals surface area contributed by atoms with E-state index in [0.717, 1.165) is 0 Å². The molecule has 1 amide bonds. The van der Waals surface area contributed by atoms with Crippen LogP contribution in [0.15, 0.2) is 6.07 Å². The van der Waals surface area contributed by atoms with Crippen molar-refractivity contribution in [3.63, 3.8) is 0 Å². The molecule has 1 aromatic heterocycles. The highest BCUT2D eigenvalue weighted by molar-refractivity contribution is 6.33. The molecule has 1 heterocycles. The number of hydrogen-bond donors (Lipinski definition) is 1. The topological polar surface area (TPSA) is 51.2 Å². The summed E-state index contributed by atoms with van der Waals surface area (Å²) in [5.41, 5.74) is -1.08. The summed E-state index contributed by atoms with van der Waals surface area (Å²) in [5.74, 6) is -1.27. The molecular weight excluding hydrogens is 273 g/mol. The van der Waals surface area contributed by atoms with E-state index in [9.17, 15) is 18.0 Å². The van der Waals surface area contributed by atoms with Crippen molar-refractivity contribution in [1.82, 2.24) is 4.98 Å². The van der Waals surface area contributed by atoms with Crippen molar-refractivity contribution in [2.45, 2.75) is 20.0 Å². The quantitative estimate of drug-likeness (QED) is 0.927. The Morgan fingerprint density at radius 1 is 1.56 bits per heavy atom. The van der Waals surface area contributed by atoms with Crippen molar-refractivity contribution in [1.29, 1.82) is 0 Å². The van der Waals surface area contributed by atoms with E-state index in [0.29, 0.717) is 6.07 Å². The standard InChI is InChI=1S/C10H10ClF3N2O2/c1-3-18-9-6(10(12,13)14)4-7(11)8(16-9)15-5(2)17/h4H,3H2,1-2H3,(H,15,16,17). The van der Waals surface area contributed by atoms with Crippen LogP contribution in [0.2, 0.25) is 5.02 Å². The van der Waals surface area contributed by atoms with Crippen LogP contribution in [0.3, 0.4) is 0 Å². The molecule has 18 heavy (non-hydrogen) atoms. The van der Waals surface area contributed by atoms with Gasteiger partial charge in [0, 0.05) is 6.92 Å². The molecule has 0 radical (unpaired) electrons. The SMILES string of the molecule is CCOc1nc(NC(C)=O)c(Cl)cc1C(F)(F)F. The van der Waals surface area contributed by atoms with Gasteiger partial charge in [-0.1, -0.05) is 11.6 Å². The van der Waals surface area contributed by atoms with Gasteiger partial charge in [0.1, 0.15) is 5.56 Å².